The van der Waals surface area contributed by atoms with E-state index in [4.69, 9.17) is 0 Å². The van der Waals surface area contributed by atoms with Gasteiger partial charge >= 0.3 is 0 Å². The number of piperidine rings is 1. The molecule has 0 unspecified atom stereocenters. The van der Waals surface area contributed by atoms with Gasteiger partial charge in [0.05, 0.1) is 6.04 Å². The lowest BCUT2D eigenvalue weighted by molar-refractivity contribution is -0.137. The van der Waals surface area contributed by atoms with E-state index in [1.807, 2.05) is 17.0 Å². The second kappa shape index (κ2) is 6.14. The fourth-order valence-electron chi connectivity index (χ4n) is 3.63. The Labute approximate surface area is 125 Å². The highest BCUT2D eigenvalue weighted by Crippen LogP contribution is 2.38. The summed E-state index contributed by atoms with van der Waals surface area (Å²) in [6, 6.07) is 6.78. The Balaban J connectivity index is 1.82. The van der Waals surface area contributed by atoms with Crippen LogP contribution in [0.3, 0.4) is 0 Å². The predicted octanol–water partition coefficient (Wildman–Crippen LogP) is 2.73. The van der Waals surface area contributed by atoms with Crippen LogP contribution in [0.2, 0.25) is 0 Å². The number of nitrogens with one attached hydrogen (secondary N) is 1. The van der Waals surface area contributed by atoms with E-state index in [1.54, 1.807) is 6.07 Å². The molecule has 2 aliphatic rings. The van der Waals surface area contributed by atoms with Gasteiger partial charge in [0.1, 0.15) is 5.82 Å². The van der Waals surface area contributed by atoms with Crippen molar-refractivity contribution >= 4 is 5.91 Å². The van der Waals surface area contributed by atoms with E-state index in [9.17, 15) is 9.18 Å². The Kier molecular flexibility index (Phi) is 4.24. The summed E-state index contributed by atoms with van der Waals surface area (Å²) in [6.07, 6.45) is 2.65. The van der Waals surface area contributed by atoms with Crippen LogP contribution in [0.1, 0.15) is 37.8 Å². The Morgan fingerprint density at radius 3 is 2.71 bits per heavy atom. The van der Waals surface area contributed by atoms with Gasteiger partial charge in [-0.05, 0) is 44.3 Å². The number of carbonyl (C=O) groups excluding carboxylic acids is 1. The first-order valence-corrected chi connectivity index (χ1v) is 7.92. The van der Waals surface area contributed by atoms with E-state index in [1.165, 1.54) is 6.07 Å². The average Bonchev–Trinajstić information content (AvgIpc) is 2.89. The molecule has 21 heavy (non-hydrogen) atoms. The molecule has 1 aromatic rings. The molecule has 0 aromatic heterocycles. The zero-order valence-corrected chi connectivity index (χ0v) is 12.5. The predicted molar refractivity (Wildman–Crippen MR) is 80.2 cm³/mol. The summed E-state index contributed by atoms with van der Waals surface area (Å²) in [5.74, 6) is 0.555. The van der Waals surface area contributed by atoms with Crippen LogP contribution in [0.15, 0.2) is 24.3 Å². The number of benzene rings is 1. The lowest BCUT2D eigenvalue weighted by Gasteiger charge is -2.31. The summed E-state index contributed by atoms with van der Waals surface area (Å²) in [5.41, 5.74) is 0.670. The van der Waals surface area contributed by atoms with Gasteiger partial charge in [0.25, 0.3) is 0 Å². The van der Waals surface area contributed by atoms with Crippen LogP contribution in [-0.4, -0.2) is 30.4 Å². The van der Waals surface area contributed by atoms with Crippen LogP contribution in [0.25, 0.3) is 0 Å². The lowest BCUT2D eigenvalue weighted by atomic mass is 9.95. The average molecular weight is 290 g/mol. The summed E-state index contributed by atoms with van der Waals surface area (Å²) in [7, 11) is 0. The van der Waals surface area contributed by atoms with Crippen molar-refractivity contribution in [3.8, 4) is 0 Å². The number of nitrogens with zero attached hydrogens (tertiary/aromatic N) is 1. The molecule has 0 saturated carbocycles. The molecule has 2 atom stereocenters. The summed E-state index contributed by atoms with van der Waals surface area (Å²) >= 11 is 0. The van der Waals surface area contributed by atoms with Gasteiger partial charge in [-0.3, -0.25) is 4.79 Å². The number of hydrogen-bond acceptors (Lipinski definition) is 2. The van der Waals surface area contributed by atoms with Gasteiger partial charge in [-0.2, -0.15) is 0 Å². The standard InChI is InChI=1S/C17H23FN2O/c1-12-10-16(14-4-2-3-5-15(14)18)20(11-12)17(21)13-6-8-19-9-7-13/h2-5,12-13,16,19H,6-11H2,1H3/t12-,16-/m0/s1. The fourth-order valence-corrected chi connectivity index (χ4v) is 3.63. The molecule has 114 valence electrons. The molecule has 2 saturated heterocycles. The molecule has 1 aromatic carbocycles. The summed E-state index contributed by atoms with van der Waals surface area (Å²) in [5, 5.41) is 3.29. The maximum atomic E-state index is 14.1. The maximum absolute atomic E-state index is 14.1. The largest absolute Gasteiger partial charge is 0.335 e. The number of carbonyl (C=O) groups is 1. The zero-order valence-electron chi connectivity index (χ0n) is 12.5. The van der Waals surface area contributed by atoms with Crippen molar-refractivity contribution in [2.75, 3.05) is 19.6 Å². The Morgan fingerprint density at radius 1 is 1.29 bits per heavy atom. The second-order valence-corrected chi connectivity index (χ2v) is 6.39. The normalized spacial score (nSPS) is 27.0. The monoisotopic (exact) mass is 290 g/mol. The van der Waals surface area contributed by atoms with Gasteiger partial charge in [0.15, 0.2) is 0 Å². The summed E-state index contributed by atoms with van der Waals surface area (Å²) in [6.45, 7) is 4.71. The highest BCUT2D eigenvalue weighted by Gasteiger charge is 2.38. The van der Waals surface area contributed by atoms with Gasteiger partial charge < -0.3 is 10.2 Å². The molecule has 0 aliphatic carbocycles. The first-order chi connectivity index (χ1) is 10.2. The van der Waals surface area contributed by atoms with E-state index >= 15 is 0 Å². The minimum Gasteiger partial charge on any atom is -0.335 e. The van der Waals surface area contributed by atoms with Crippen LogP contribution in [0.5, 0.6) is 0 Å². The molecule has 0 spiro atoms. The minimum absolute atomic E-state index is 0.0939. The molecule has 4 heteroatoms. The van der Waals surface area contributed by atoms with Crippen LogP contribution in [-0.2, 0) is 4.79 Å². The molecular weight excluding hydrogens is 267 g/mol. The molecule has 0 radical (unpaired) electrons. The lowest BCUT2D eigenvalue weighted by Crippen LogP contribution is -2.41. The summed E-state index contributed by atoms with van der Waals surface area (Å²) in [4.78, 5) is 14.7. The Bertz CT molecular complexity index is 513. The SMILES string of the molecule is C[C@H]1C[C@@H](c2ccccc2F)N(C(=O)C2CCNCC2)C1. The number of hydrogen-bond donors (Lipinski definition) is 1. The second-order valence-electron chi connectivity index (χ2n) is 6.39. The third-order valence-corrected chi connectivity index (χ3v) is 4.75. The van der Waals surface area contributed by atoms with E-state index in [0.717, 1.165) is 38.9 Å². The molecule has 2 aliphatic heterocycles. The van der Waals surface area contributed by atoms with Crippen molar-refractivity contribution in [2.24, 2.45) is 11.8 Å². The minimum atomic E-state index is -0.195. The molecule has 1 N–H and O–H groups in total. The smallest absolute Gasteiger partial charge is 0.226 e. The van der Waals surface area contributed by atoms with E-state index in [0.29, 0.717) is 11.5 Å². The molecular formula is C17H23FN2O. The van der Waals surface area contributed by atoms with Crippen molar-refractivity contribution in [1.82, 2.24) is 10.2 Å². The summed E-state index contributed by atoms with van der Waals surface area (Å²) < 4.78 is 14.1. The van der Waals surface area contributed by atoms with Crippen LogP contribution < -0.4 is 5.32 Å². The first-order valence-electron chi connectivity index (χ1n) is 7.92. The van der Waals surface area contributed by atoms with Crippen molar-refractivity contribution in [3.63, 3.8) is 0 Å². The van der Waals surface area contributed by atoms with Crippen LogP contribution in [0.4, 0.5) is 4.39 Å². The van der Waals surface area contributed by atoms with Gasteiger partial charge in [-0.25, -0.2) is 4.39 Å². The molecule has 1 amide bonds. The van der Waals surface area contributed by atoms with Crippen LogP contribution in [0, 0.1) is 17.7 Å². The van der Waals surface area contributed by atoms with Crippen molar-refractivity contribution < 1.29 is 9.18 Å². The topological polar surface area (TPSA) is 32.3 Å². The maximum Gasteiger partial charge on any atom is 0.226 e. The van der Waals surface area contributed by atoms with Gasteiger partial charge in [-0.15, -0.1) is 0 Å². The quantitative estimate of drug-likeness (QED) is 0.908. The van der Waals surface area contributed by atoms with Gasteiger partial charge in [0.2, 0.25) is 5.91 Å². The van der Waals surface area contributed by atoms with Crippen molar-refractivity contribution in [2.45, 2.75) is 32.2 Å². The van der Waals surface area contributed by atoms with E-state index in [2.05, 4.69) is 12.2 Å². The molecule has 0 bridgehead atoms. The fraction of sp³-hybridized carbons (Fsp3) is 0.588. The third kappa shape index (κ3) is 2.95. The van der Waals surface area contributed by atoms with E-state index in [-0.39, 0.29) is 23.7 Å². The molecule has 2 fully saturated rings. The van der Waals surface area contributed by atoms with Crippen LogP contribution >= 0.6 is 0 Å². The van der Waals surface area contributed by atoms with Crippen molar-refractivity contribution in [3.05, 3.63) is 35.6 Å². The Morgan fingerprint density at radius 2 is 2.00 bits per heavy atom. The Hall–Kier alpha value is -1.42. The third-order valence-electron chi connectivity index (χ3n) is 4.75. The molecule has 3 nitrogen and oxygen atoms in total. The first kappa shape index (κ1) is 14.5. The molecule has 3 rings (SSSR count). The number of rotatable bonds is 2. The zero-order chi connectivity index (χ0) is 14.8. The molecule has 2 heterocycles. The highest BCUT2D eigenvalue weighted by atomic mass is 19.1. The number of amides is 1. The van der Waals surface area contributed by atoms with Crippen molar-refractivity contribution in [1.29, 1.82) is 0 Å². The highest BCUT2D eigenvalue weighted by molar-refractivity contribution is 5.79. The number of halogens is 1. The van der Waals surface area contributed by atoms with Gasteiger partial charge in [-0.1, -0.05) is 25.1 Å². The number of likely N-dealkylation sites (tertiary alicyclic amines) is 1. The van der Waals surface area contributed by atoms with Gasteiger partial charge in [0, 0.05) is 18.0 Å². The van der Waals surface area contributed by atoms with E-state index < -0.39 is 0 Å².